The average Bonchev–Trinajstić information content (AvgIpc) is 2.32. The number of hydrogen-bond donors (Lipinski definition) is 1. The summed E-state index contributed by atoms with van der Waals surface area (Å²) in [6.45, 7) is 1.51. The van der Waals surface area contributed by atoms with Crippen LogP contribution < -0.4 is 10.5 Å². The largest absolute Gasteiger partial charge is 0.490 e. The molecule has 0 spiro atoms. The van der Waals surface area contributed by atoms with Crippen molar-refractivity contribution in [3.63, 3.8) is 0 Å². The predicted octanol–water partition coefficient (Wildman–Crippen LogP) is 2.64. The summed E-state index contributed by atoms with van der Waals surface area (Å²) in [6, 6.07) is 5.71. The van der Waals surface area contributed by atoms with Crippen LogP contribution in [0.25, 0.3) is 0 Å². The quantitative estimate of drug-likeness (QED) is 0.871. The zero-order valence-electron chi connectivity index (χ0n) is 9.32. The van der Waals surface area contributed by atoms with Crippen molar-refractivity contribution >= 4 is 33.1 Å². The molecule has 17 heavy (non-hydrogen) atoms. The molecule has 1 aliphatic heterocycles. The first-order chi connectivity index (χ1) is 8.16. The van der Waals surface area contributed by atoms with Gasteiger partial charge in [-0.1, -0.05) is 28.1 Å². The second kappa shape index (κ2) is 5.80. The zero-order chi connectivity index (χ0) is 12.3. The van der Waals surface area contributed by atoms with E-state index in [1.165, 1.54) is 0 Å². The van der Waals surface area contributed by atoms with E-state index in [1.54, 1.807) is 0 Å². The molecular weight excluding hydrogens is 302 g/mol. The summed E-state index contributed by atoms with van der Waals surface area (Å²) in [5, 5.41) is 0. The normalized spacial score (nSPS) is 16.8. The van der Waals surface area contributed by atoms with E-state index >= 15 is 0 Å². The van der Waals surface area contributed by atoms with Crippen molar-refractivity contribution in [1.29, 1.82) is 0 Å². The van der Waals surface area contributed by atoms with E-state index in [9.17, 15) is 0 Å². The monoisotopic (exact) mass is 315 g/mol. The molecule has 1 aromatic carbocycles. The minimum Gasteiger partial charge on any atom is -0.490 e. The third-order valence-electron chi connectivity index (χ3n) is 2.67. The van der Waals surface area contributed by atoms with Gasteiger partial charge in [0.15, 0.2) is 0 Å². The van der Waals surface area contributed by atoms with Crippen LogP contribution in [-0.4, -0.2) is 24.3 Å². The van der Waals surface area contributed by atoms with Gasteiger partial charge < -0.3 is 15.2 Å². The third kappa shape index (κ3) is 3.40. The summed E-state index contributed by atoms with van der Waals surface area (Å²) in [5.74, 6) is 0.757. The highest BCUT2D eigenvalue weighted by Gasteiger charge is 2.17. The Morgan fingerprint density at radius 2 is 2.12 bits per heavy atom. The Bertz CT molecular complexity index is 419. The van der Waals surface area contributed by atoms with Gasteiger partial charge in [0.2, 0.25) is 0 Å². The van der Waals surface area contributed by atoms with Gasteiger partial charge in [-0.25, -0.2) is 0 Å². The van der Waals surface area contributed by atoms with Crippen LogP contribution in [0.1, 0.15) is 18.4 Å². The van der Waals surface area contributed by atoms with Gasteiger partial charge >= 0.3 is 0 Å². The van der Waals surface area contributed by atoms with Gasteiger partial charge in [0.1, 0.15) is 16.8 Å². The second-order valence-electron chi connectivity index (χ2n) is 3.93. The molecule has 1 saturated heterocycles. The fourth-order valence-corrected chi connectivity index (χ4v) is 2.29. The molecule has 1 aliphatic rings. The van der Waals surface area contributed by atoms with Crippen LogP contribution in [0.5, 0.6) is 5.75 Å². The standard InChI is InChI=1S/C12H14BrNO2S/c13-8-1-2-11(10(7-8)12(14)17)16-9-3-5-15-6-4-9/h1-2,7,9H,3-6H2,(H2,14,17). The van der Waals surface area contributed by atoms with Crippen molar-refractivity contribution in [2.24, 2.45) is 5.73 Å². The fraction of sp³-hybridized carbons (Fsp3) is 0.417. The summed E-state index contributed by atoms with van der Waals surface area (Å²) in [7, 11) is 0. The van der Waals surface area contributed by atoms with E-state index in [0.717, 1.165) is 41.8 Å². The van der Waals surface area contributed by atoms with Crippen LogP contribution in [0, 0.1) is 0 Å². The summed E-state index contributed by atoms with van der Waals surface area (Å²) >= 11 is 8.43. The van der Waals surface area contributed by atoms with Crippen LogP contribution in [0.4, 0.5) is 0 Å². The lowest BCUT2D eigenvalue weighted by Gasteiger charge is -2.24. The lowest BCUT2D eigenvalue weighted by molar-refractivity contribution is 0.0255. The van der Waals surface area contributed by atoms with Crippen LogP contribution in [0.15, 0.2) is 22.7 Å². The van der Waals surface area contributed by atoms with Gasteiger partial charge in [0.25, 0.3) is 0 Å². The number of rotatable bonds is 3. The van der Waals surface area contributed by atoms with Crippen molar-refractivity contribution in [2.45, 2.75) is 18.9 Å². The van der Waals surface area contributed by atoms with Crippen LogP contribution in [0.2, 0.25) is 0 Å². The molecule has 1 heterocycles. The Balaban J connectivity index is 2.16. The van der Waals surface area contributed by atoms with Crippen molar-refractivity contribution in [2.75, 3.05) is 13.2 Å². The Labute approximate surface area is 114 Å². The summed E-state index contributed by atoms with van der Waals surface area (Å²) in [4.78, 5) is 0.355. The van der Waals surface area contributed by atoms with E-state index < -0.39 is 0 Å². The Morgan fingerprint density at radius 3 is 2.76 bits per heavy atom. The SMILES string of the molecule is NC(=S)c1cc(Br)ccc1OC1CCOCC1. The molecule has 1 aromatic rings. The fourth-order valence-electron chi connectivity index (χ4n) is 1.77. The van der Waals surface area contributed by atoms with E-state index in [2.05, 4.69) is 15.9 Å². The average molecular weight is 316 g/mol. The summed E-state index contributed by atoms with van der Waals surface area (Å²) in [6.07, 6.45) is 2.01. The minimum atomic E-state index is 0.193. The number of halogens is 1. The molecule has 3 nitrogen and oxygen atoms in total. The molecule has 92 valence electrons. The first-order valence-corrected chi connectivity index (χ1v) is 6.70. The van der Waals surface area contributed by atoms with Gasteiger partial charge in [0.05, 0.1) is 18.8 Å². The first kappa shape index (κ1) is 12.8. The highest BCUT2D eigenvalue weighted by molar-refractivity contribution is 9.10. The smallest absolute Gasteiger partial charge is 0.129 e. The van der Waals surface area contributed by atoms with Crippen molar-refractivity contribution in [1.82, 2.24) is 0 Å². The number of thiocarbonyl (C=S) groups is 1. The maximum atomic E-state index is 5.93. The minimum absolute atomic E-state index is 0.193. The number of ether oxygens (including phenoxy) is 2. The molecule has 0 atom stereocenters. The maximum absolute atomic E-state index is 5.93. The molecule has 0 aliphatic carbocycles. The predicted molar refractivity (Wildman–Crippen MR) is 74.5 cm³/mol. The number of hydrogen-bond acceptors (Lipinski definition) is 3. The molecule has 0 unspecified atom stereocenters. The molecule has 2 N–H and O–H groups in total. The van der Waals surface area contributed by atoms with Crippen molar-refractivity contribution in [3.05, 3.63) is 28.2 Å². The van der Waals surface area contributed by atoms with Crippen LogP contribution >= 0.6 is 28.1 Å². The Kier molecular flexibility index (Phi) is 4.36. The molecule has 0 saturated carbocycles. The summed E-state index contributed by atoms with van der Waals surface area (Å²) in [5.41, 5.74) is 6.47. The molecule has 5 heteroatoms. The highest BCUT2D eigenvalue weighted by atomic mass is 79.9. The Hall–Kier alpha value is -0.650. The number of benzene rings is 1. The molecule has 2 rings (SSSR count). The topological polar surface area (TPSA) is 44.5 Å². The van der Waals surface area contributed by atoms with Crippen LogP contribution in [0.3, 0.4) is 0 Å². The van der Waals surface area contributed by atoms with Crippen molar-refractivity contribution < 1.29 is 9.47 Å². The van der Waals surface area contributed by atoms with E-state index in [1.807, 2.05) is 18.2 Å². The molecular formula is C12H14BrNO2S. The van der Waals surface area contributed by atoms with E-state index in [0.29, 0.717) is 4.99 Å². The maximum Gasteiger partial charge on any atom is 0.129 e. The number of nitrogens with two attached hydrogens (primary N) is 1. The van der Waals surface area contributed by atoms with Crippen LogP contribution in [-0.2, 0) is 4.74 Å². The zero-order valence-corrected chi connectivity index (χ0v) is 11.7. The lowest BCUT2D eigenvalue weighted by atomic mass is 10.1. The van der Waals surface area contributed by atoms with Crippen molar-refractivity contribution in [3.8, 4) is 5.75 Å². The van der Waals surface area contributed by atoms with Gasteiger partial charge in [0, 0.05) is 17.3 Å². The van der Waals surface area contributed by atoms with E-state index in [4.69, 9.17) is 27.4 Å². The highest BCUT2D eigenvalue weighted by Crippen LogP contribution is 2.26. The molecule has 1 fully saturated rings. The molecule has 0 aromatic heterocycles. The molecule has 0 amide bonds. The molecule has 0 bridgehead atoms. The van der Waals surface area contributed by atoms with Gasteiger partial charge in [-0.3, -0.25) is 0 Å². The van der Waals surface area contributed by atoms with Gasteiger partial charge in [-0.05, 0) is 18.2 Å². The summed E-state index contributed by atoms with van der Waals surface area (Å²) < 4.78 is 12.2. The Morgan fingerprint density at radius 1 is 1.41 bits per heavy atom. The van der Waals surface area contributed by atoms with E-state index in [-0.39, 0.29) is 6.10 Å². The molecule has 0 radical (unpaired) electrons. The first-order valence-electron chi connectivity index (χ1n) is 5.50. The lowest BCUT2D eigenvalue weighted by Crippen LogP contribution is -2.26. The van der Waals surface area contributed by atoms with Gasteiger partial charge in [-0.2, -0.15) is 0 Å². The third-order valence-corrected chi connectivity index (χ3v) is 3.38. The van der Waals surface area contributed by atoms with Gasteiger partial charge in [-0.15, -0.1) is 0 Å². The second-order valence-corrected chi connectivity index (χ2v) is 5.29.